The maximum Gasteiger partial charge on any atom is 0.129 e. The lowest BCUT2D eigenvalue weighted by molar-refractivity contribution is 0.119. The van der Waals surface area contributed by atoms with Gasteiger partial charge < -0.3 is 5.73 Å². The smallest absolute Gasteiger partial charge is 0.129 e. The molecule has 20 heavy (non-hydrogen) atoms. The van der Waals surface area contributed by atoms with Crippen LogP contribution >= 0.6 is 11.6 Å². The highest BCUT2D eigenvalue weighted by Crippen LogP contribution is 2.34. The first kappa shape index (κ1) is 15.7. The molecule has 1 fully saturated rings. The maximum absolute atomic E-state index is 14.1. The van der Waals surface area contributed by atoms with E-state index in [0.29, 0.717) is 23.2 Å². The fourth-order valence-corrected chi connectivity index (χ4v) is 3.63. The average Bonchev–Trinajstić information content (AvgIpc) is 2.42. The molecule has 0 radical (unpaired) electrons. The Kier molecular flexibility index (Phi) is 5.42. The van der Waals surface area contributed by atoms with E-state index in [-0.39, 0.29) is 11.9 Å². The van der Waals surface area contributed by atoms with E-state index < -0.39 is 0 Å². The first-order valence-corrected chi connectivity index (χ1v) is 7.78. The minimum absolute atomic E-state index is 0.154. The molecule has 112 valence electrons. The molecular weight excluding hydrogens is 275 g/mol. The van der Waals surface area contributed by atoms with Crippen LogP contribution < -0.4 is 5.73 Å². The third-order valence-electron chi connectivity index (χ3n) is 4.53. The van der Waals surface area contributed by atoms with Gasteiger partial charge in [-0.05, 0) is 37.9 Å². The number of hydrogen-bond acceptors (Lipinski definition) is 2. The Bertz CT molecular complexity index is 432. The van der Waals surface area contributed by atoms with Crippen molar-refractivity contribution in [1.29, 1.82) is 0 Å². The molecule has 0 heterocycles. The van der Waals surface area contributed by atoms with Gasteiger partial charge in [0, 0.05) is 23.2 Å². The standard InChI is InChI=1S/C16H24ClFN2/c1-11-5-3-6-12(9-11)20(2)15(10-19)16-13(17)7-4-8-14(16)18/h4,7-8,11-12,15H,3,5-6,9-10,19H2,1-2H3. The number of nitrogens with two attached hydrogens (primary N) is 1. The number of rotatable bonds is 4. The molecule has 0 bridgehead atoms. The first-order chi connectivity index (χ1) is 9.54. The van der Waals surface area contributed by atoms with Gasteiger partial charge in [0.25, 0.3) is 0 Å². The van der Waals surface area contributed by atoms with E-state index in [1.54, 1.807) is 12.1 Å². The van der Waals surface area contributed by atoms with E-state index in [9.17, 15) is 4.39 Å². The van der Waals surface area contributed by atoms with E-state index >= 15 is 0 Å². The highest BCUT2D eigenvalue weighted by atomic mass is 35.5. The van der Waals surface area contributed by atoms with E-state index in [4.69, 9.17) is 17.3 Å². The van der Waals surface area contributed by atoms with Crippen molar-refractivity contribution in [3.63, 3.8) is 0 Å². The summed E-state index contributed by atoms with van der Waals surface area (Å²) in [6.07, 6.45) is 4.83. The van der Waals surface area contributed by atoms with Crippen molar-refractivity contribution in [2.45, 2.75) is 44.7 Å². The number of benzene rings is 1. The molecule has 2 nitrogen and oxygen atoms in total. The lowest BCUT2D eigenvalue weighted by Crippen LogP contribution is -2.41. The minimum atomic E-state index is -0.261. The Balaban J connectivity index is 2.23. The van der Waals surface area contributed by atoms with E-state index in [2.05, 4.69) is 11.8 Å². The monoisotopic (exact) mass is 298 g/mol. The normalized spacial score (nSPS) is 24.9. The van der Waals surface area contributed by atoms with Crippen LogP contribution in [0, 0.1) is 11.7 Å². The minimum Gasteiger partial charge on any atom is -0.329 e. The molecule has 2 rings (SSSR count). The fraction of sp³-hybridized carbons (Fsp3) is 0.625. The SMILES string of the molecule is CC1CCCC(N(C)C(CN)c2c(F)cccc2Cl)C1. The molecule has 0 saturated heterocycles. The first-order valence-electron chi connectivity index (χ1n) is 7.40. The van der Waals surface area contributed by atoms with E-state index in [1.165, 1.54) is 18.9 Å². The summed E-state index contributed by atoms with van der Waals surface area (Å²) in [6.45, 7) is 2.66. The summed E-state index contributed by atoms with van der Waals surface area (Å²) in [4.78, 5) is 2.22. The van der Waals surface area contributed by atoms with Gasteiger partial charge in [-0.25, -0.2) is 4.39 Å². The third-order valence-corrected chi connectivity index (χ3v) is 4.86. The lowest BCUT2D eigenvalue weighted by atomic mass is 9.85. The van der Waals surface area contributed by atoms with Crippen LogP contribution in [0.4, 0.5) is 4.39 Å². The predicted octanol–water partition coefficient (Wildman–Crippen LogP) is 3.99. The highest BCUT2D eigenvalue weighted by Gasteiger charge is 2.29. The van der Waals surface area contributed by atoms with Crippen LogP contribution in [0.25, 0.3) is 0 Å². The maximum atomic E-state index is 14.1. The molecule has 3 atom stereocenters. The summed E-state index contributed by atoms with van der Waals surface area (Å²) in [5.41, 5.74) is 6.46. The third kappa shape index (κ3) is 3.33. The molecule has 1 aliphatic rings. The molecule has 1 saturated carbocycles. The van der Waals surface area contributed by atoms with Crippen molar-refractivity contribution in [3.8, 4) is 0 Å². The van der Waals surface area contributed by atoms with Crippen LogP contribution in [0.3, 0.4) is 0 Å². The van der Waals surface area contributed by atoms with Gasteiger partial charge in [-0.1, -0.05) is 37.4 Å². The number of halogens is 2. The van der Waals surface area contributed by atoms with Crippen molar-refractivity contribution in [2.24, 2.45) is 11.7 Å². The van der Waals surface area contributed by atoms with Gasteiger partial charge in [-0.2, -0.15) is 0 Å². The fourth-order valence-electron chi connectivity index (χ4n) is 3.34. The van der Waals surface area contributed by atoms with Crippen LogP contribution in [0.5, 0.6) is 0 Å². The Morgan fingerprint density at radius 2 is 2.20 bits per heavy atom. The van der Waals surface area contributed by atoms with Crippen molar-refractivity contribution in [3.05, 3.63) is 34.6 Å². The number of nitrogens with zero attached hydrogens (tertiary/aromatic N) is 1. The van der Waals surface area contributed by atoms with Gasteiger partial charge in [0.1, 0.15) is 5.82 Å². The molecule has 3 unspecified atom stereocenters. The predicted molar refractivity (Wildman–Crippen MR) is 82.4 cm³/mol. The Hall–Kier alpha value is -0.640. The largest absolute Gasteiger partial charge is 0.329 e. The van der Waals surface area contributed by atoms with Crippen molar-refractivity contribution >= 4 is 11.6 Å². The molecule has 1 aliphatic carbocycles. The molecule has 1 aromatic rings. The second kappa shape index (κ2) is 6.88. The van der Waals surface area contributed by atoms with Gasteiger partial charge in [-0.3, -0.25) is 4.90 Å². The van der Waals surface area contributed by atoms with Crippen LogP contribution in [0.2, 0.25) is 5.02 Å². The molecule has 0 spiro atoms. The van der Waals surface area contributed by atoms with Gasteiger partial charge >= 0.3 is 0 Å². The van der Waals surface area contributed by atoms with E-state index in [0.717, 1.165) is 18.8 Å². The van der Waals surface area contributed by atoms with Crippen LogP contribution in [0.1, 0.15) is 44.2 Å². The zero-order valence-corrected chi connectivity index (χ0v) is 13.0. The topological polar surface area (TPSA) is 29.3 Å². The van der Waals surface area contributed by atoms with Crippen molar-refractivity contribution in [1.82, 2.24) is 4.90 Å². The molecular formula is C16H24ClFN2. The Labute approximate surface area is 126 Å². The summed E-state index contributed by atoms with van der Waals surface area (Å²) >= 11 is 6.19. The van der Waals surface area contributed by atoms with E-state index in [1.807, 2.05) is 7.05 Å². The quantitative estimate of drug-likeness (QED) is 0.911. The molecule has 0 aliphatic heterocycles. The number of likely N-dealkylation sites (N-methyl/N-ethyl adjacent to an activating group) is 1. The van der Waals surface area contributed by atoms with Crippen molar-refractivity contribution < 1.29 is 4.39 Å². The summed E-state index contributed by atoms with van der Waals surface area (Å²) in [7, 11) is 2.04. The average molecular weight is 299 g/mol. The van der Waals surface area contributed by atoms with Crippen molar-refractivity contribution in [2.75, 3.05) is 13.6 Å². The zero-order chi connectivity index (χ0) is 14.7. The molecule has 1 aromatic carbocycles. The van der Waals surface area contributed by atoms with Gasteiger partial charge in [0.15, 0.2) is 0 Å². The van der Waals surface area contributed by atoms with Crippen LogP contribution in [-0.4, -0.2) is 24.5 Å². The van der Waals surface area contributed by atoms with Crippen LogP contribution in [0.15, 0.2) is 18.2 Å². The second-order valence-electron chi connectivity index (χ2n) is 5.98. The van der Waals surface area contributed by atoms with Gasteiger partial charge in [0.2, 0.25) is 0 Å². The summed E-state index contributed by atoms with van der Waals surface area (Å²) in [5.74, 6) is 0.467. The molecule has 0 amide bonds. The Morgan fingerprint density at radius 1 is 1.45 bits per heavy atom. The summed E-state index contributed by atoms with van der Waals surface area (Å²) in [6, 6.07) is 5.14. The second-order valence-corrected chi connectivity index (χ2v) is 6.39. The van der Waals surface area contributed by atoms with Crippen LogP contribution in [-0.2, 0) is 0 Å². The lowest BCUT2D eigenvalue weighted by Gasteiger charge is -2.39. The molecule has 2 N–H and O–H groups in total. The van der Waals surface area contributed by atoms with Gasteiger partial charge in [0.05, 0.1) is 6.04 Å². The Morgan fingerprint density at radius 3 is 2.80 bits per heavy atom. The summed E-state index contributed by atoms with van der Waals surface area (Å²) in [5, 5.41) is 0.469. The summed E-state index contributed by atoms with van der Waals surface area (Å²) < 4.78 is 14.1. The number of hydrogen-bond donors (Lipinski definition) is 1. The van der Waals surface area contributed by atoms with Gasteiger partial charge in [-0.15, -0.1) is 0 Å². The zero-order valence-electron chi connectivity index (χ0n) is 12.3. The highest BCUT2D eigenvalue weighted by molar-refractivity contribution is 6.31. The molecule has 4 heteroatoms. The molecule has 0 aromatic heterocycles.